The van der Waals surface area contributed by atoms with Crippen molar-refractivity contribution in [3.63, 3.8) is 0 Å². The molecule has 0 atom stereocenters. The number of amides is 1. The number of carbonyl (C=O) groups is 1. The largest absolute Gasteiger partial charge is 0.380 e. The van der Waals surface area contributed by atoms with Gasteiger partial charge in [-0.25, -0.2) is 0 Å². The monoisotopic (exact) mass is 336 g/mol. The summed E-state index contributed by atoms with van der Waals surface area (Å²) in [4.78, 5) is 15.7. The third-order valence-electron chi connectivity index (χ3n) is 4.44. The van der Waals surface area contributed by atoms with Crippen LogP contribution in [0.25, 0.3) is 10.9 Å². The van der Waals surface area contributed by atoms with E-state index in [9.17, 15) is 4.79 Å². The maximum atomic E-state index is 12.4. The lowest BCUT2D eigenvalue weighted by atomic mass is 10.1. The van der Waals surface area contributed by atoms with Crippen LogP contribution in [0.3, 0.4) is 0 Å². The predicted octanol–water partition coefficient (Wildman–Crippen LogP) is 3.79. The number of H-pyrrole nitrogens is 1. The second kappa shape index (κ2) is 7.53. The van der Waals surface area contributed by atoms with E-state index in [-0.39, 0.29) is 5.91 Å². The van der Waals surface area contributed by atoms with Gasteiger partial charge in [0.1, 0.15) is 0 Å². The first-order valence-corrected chi connectivity index (χ1v) is 8.48. The molecule has 2 N–H and O–H groups in total. The van der Waals surface area contributed by atoms with Gasteiger partial charge in [0.25, 0.3) is 0 Å². The quantitative estimate of drug-likeness (QED) is 0.719. The van der Waals surface area contributed by atoms with Crippen LogP contribution in [0.5, 0.6) is 0 Å². The predicted molar refractivity (Wildman–Crippen MR) is 100 cm³/mol. The number of hydrogen-bond donors (Lipinski definition) is 2. The van der Waals surface area contributed by atoms with Crippen LogP contribution in [0, 0.1) is 13.8 Å². The van der Waals surface area contributed by atoms with E-state index in [4.69, 9.17) is 4.74 Å². The van der Waals surface area contributed by atoms with Crippen LogP contribution in [-0.2, 0) is 29.1 Å². The summed E-state index contributed by atoms with van der Waals surface area (Å²) in [5.74, 6) is 0.0338. The second-order valence-electron chi connectivity index (χ2n) is 6.48. The molecule has 0 aliphatic heterocycles. The Bertz CT molecular complexity index is 879. The molecule has 0 aliphatic rings. The van der Waals surface area contributed by atoms with Crippen molar-refractivity contribution >= 4 is 16.8 Å². The van der Waals surface area contributed by atoms with Gasteiger partial charge in [0.2, 0.25) is 5.91 Å². The summed E-state index contributed by atoms with van der Waals surface area (Å²) in [6, 6.07) is 14.4. The lowest BCUT2D eigenvalue weighted by Gasteiger charge is -2.07. The van der Waals surface area contributed by atoms with E-state index in [0.29, 0.717) is 19.6 Å². The molecule has 3 aromatic rings. The molecule has 0 spiro atoms. The van der Waals surface area contributed by atoms with E-state index in [1.54, 1.807) is 7.11 Å². The Labute approximate surface area is 148 Å². The number of aromatic amines is 1. The van der Waals surface area contributed by atoms with Crippen LogP contribution in [0.15, 0.2) is 42.5 Å². The zero-order chi connectivity index (χ0) is 17.8. The number of fused-ring (bicyclic) bond motifs is 1. The van der Waals surface area contributed by atoms with Crippen LogP contribution in [-0.4, -0.2) is 18.0 Å². The Balaban J connectivity index is 1.65. The summed E-state index contributed by atoms with van der Waals surface area (Å²) in [7, 11) is 1.68. The molecule has 4 heteroatoms. The molecule has 25 heavy (non-hydrogen) atoms. The number of carbonyl (C=O) groups excluding carboxylic acids is 1. The van der Waals surface area contributed by atoms with Gasteiger partial charge in [0.15, 0.2) is 0 Å². The van der Waals surface area contributed by atoms with Crippen LogP contribution in [0.4, 0.5) is 0 Å². The van der Waals surface area contributed by atoms with Gasteiger partial charge in [0, 0.05) is 30.3 Å². The normalized spacial score (nSPS) is 11.0. The second-order valence-corrected chi connectivity index (χ2v) is 6.48. The summed E-state index contributed by atoms with van der Waals surface area (Å²) < 4.78 is 5.11. The first-order valence-electron chi connectivity index (χ1n) is 8.48. The highest BCUT2D eigenvalue weighted by atomic mass is 16.5. The summed E-state index contributed by atoms with van der Waals surface area (Å²) >= 11 is 0. The first kappa shape index (κ1) is 17.2. The Kier molecular flexibility index (Phi) is 5.19. The molecule has 0 saturated heterocycles. The van der Waals surface area contributed by atoms with Crippen molar-refractivity contribution in [2.75, 3.05) is 7.11 Å². The van der Waals surface area contributed by atoms with Gasteiger partial charge < -0.3 is 15.0 Å². The van der Waals surface area contributed by atoms with E-state index in [1.807, 2.05) is 31.2 Å². The van der Waals surface area contributed by atoms with Crippen LogP contribution < -0.4 is 5.32 Å². The van der Waals surface area contributed by atoms with Crippen LogP contribution in [0.1, 0.15) is 27.9 Å². The molecule has 2 aromatic carbocycles. The SMILES string of the molecule is COCc1ccc(CNC(=O)Cc2c(C)[nH]c3ccc(C)cc23)cc1. The van der Waals surface area contributed by atoms with Crippen molar-refractivity contribution in [3.8, 4) is 0 Å². The summed E-state index contributed by atoms with van der Waals surface area (Å²) in [6.07, 6.45) is 0.386. The zero-order valence-electron chi connectivity index (χ0n) is 15.0. The maximum absolute atomic E-state index is 12.4. The highest BCUT2D eigenvalue weighted by Crippen LogP contribution is 2.23. The average molecular weight is 336 g/mol. The highest BCUT2D eigenvalue weighted by molar-refractivity contribution is 5.90. The van der Waals surface area contributed by atoms with Gasteiger partial charge >= 0.3 is 0 Å². The molecule has 130 valence electrons. The topological polar surface area (TPSA) is 54.1 Å². The lowest BCUT2D eigenvalue weighted by Crippen LogP contribution is -2.24. The first-order chi connectivity index (χ1) is 12.1. The minimum Gasteiger partial charge on any atom is -0.380 e. The van der Waals surface area contributed by atoms with Crippen molar-refractivity contribution in [2.24, 2.45) is 0 Å². The summed E-state index contributed by atoms with van der Waals surface area (Å²) in [6.45, 7) is 5.23. The fraction of sp³-hybridized carbons (Fsp3) is 0.286. The minimum absolute atomic E-state index is 0.0338. The number of benzene rings is 2. The number of aryl methyl sites for hydroxylation is 2. The van der Waals surface area contributed by atoms with Crippen LogP contribution >= 0.6 is 0 Å². The van der Waals surface area contributed by atoms with Crippen molar-refractivity contribution in [1.82, 2.24) is 10.3 Å². The molecule has 0 aliphatic carbocycles. The summed E-state index contributed by atoms with van der Waals surface area (Å²) in [5.41, 5.74) is 6.62. The van der Waals surface area contributed by atoms with E-state index in [1.165, 1.54) is 5.56 Å². The summed E-state index contributed by atoms with van der Waals surface area (Å²) in [5, 5.41) is 4.15. The average Bonchev–Trinajstić information content (AvgIpc) is 2.90. The minimum atomic E-state index is 0.0338. The molecule has 0 radical (unpaired) electrons. The molecule has 1 aromatic heterocycles. The smallest absolute Gasteiger partial charge is 0.224 e. The molecular formula is C21H24N2O2. The van der Waals surface area contributed by atoms with Gasteiger partial charge in [-0.1, -0.05) is 35.9 Å². The maximum Gasteiger partial charge on any atom is 0.224 e. The molecule has 0 bridgehead atoms. The third-order valence-corrected chi connectivity index (χ3v) is 4.44. The fourth-order valence-electron chi connectivity index (χ4n) is 3.07. The van der Waals surface area contributed by atoms with Crippen LogP contribution in [0.2, 0.25) is 0 Å². The van der Waals surface area contributed by atoms with E-state index in [2.05, 4.69) is 35.4 Å². The van der Waals surface area contributed by atoms with Crippen molar-refractivity contribution in [1.29, 1.82) is 0 Å². The molecule has 1 heterocycles. The number of nitrogens with one attached hydrogen (secondary N) is 2. The highest BCUT2D eigenvalue weighted by Gasteiger charge is 2.12. The molecule has 1 amide bonds. The van der Waals surface area contributed by atoms with Crippen molar-refractivity contribution < 1.29 is 9.53 Å². The molecular weight excluding hydrogens is 312 g/mol. The molecule has 0 fully saturated rings. The van der Waals surface area contributed by atoms with Gasteiger partial charge in [-0.05, 0) is 42.7 Å². The van der Waals surface area contributed by atoms with E-state index in [0.717, 1.165) is 33.3 Å². The van der Waals surface area contributed by atoms with Crippen molar-refractivity contribution in [2.45, 2.75) is 33.4 Å². The van der Waals surface area contributed by atoms with Crippen molar-refractivity contribution in [3.05, 3.63) is 70.4 Å². The van der Waals surface area contributed by atoms with Gasteiger partial charge in [-0.15, -0.1) is 0 Å². The Morgan fingerprint density at radius 3 is 2.52 bits per heavy atom. The number of ether oxygens (including phenoxy) is 1. The molecule has 4 nitrogen and oxygen atoms in total. The number of methoxy groups -OCH3 is 1. The molecule has 0 unspecified atom stereocenters. The van der Waals surface area contributed by atoms with E-state index < -0.39 is 0 Å². The van der Waals surface area contributed by atoms with E-state index >= 15 is 0 Å². The third kappa shape index (κ3) is 4.09. The number of aromatic nitrogens is 1. The number of rotatable bonds is 6. The molecule has 0 saturated carbocycles. The standard InChI is InChI=1S/C21H24N2O2/c1-14-4-9-20-19(10-14)18(15(2)23-20)11-21(24)22-12-16-5-7-17(8-6-16)13-25-3/h4-10,23H,11-13H2,1-3H3,(H,22,24). The van der Waals surface area contributed by atoms with Gasteiger partial charge in [-0.2, -0.15) is 0 Å². The number of hydrogen-bond acceptors (Lipinski definition) is 2. The Hall–Kier alpha value is -2.59. The van der Waals surface area contributed by atoms with Gasteiger partial charge in [-0.3, -0.25) is 4.79 Å². The zero-order valence-corrected chi connectivity index (χ0v) is 15.0. The lowest BCUT2D eigenvalue weighted by molar-refractivity contribution is -0.120. The Morgan fingerprint density at radius 1 is 1.08 bits per heavy atom. The Morgan fingerprint density at radius 2 is 1.80 bits per heavy atom. The van der Waals surface area contributed by atoms with Gasteiger partial charge in [0.05, 0.1) is 13.0 Å². The fourth-order valence-corrected chi connectivity index (χ4v) is 3.07. The molecule has 3 rings (SSSR count).